The Labute approximate surface area is 61.9 Å². The standard InChI is InChI=1S/C8H13Cl/c1-7-5-3-2-4-6-8(7)9/h4,6-8H,2-3,5H2,1H3/t7-,8+/m1/s1. The predicted octanol–water partition coefficient (Wildman–Crippen LogP) is 2.97. The molecule has 0 radical (unpaired) electrons. The number of allylic oxidation sites excluding steroid dienone is 2. The minimum Gasteiger partial charge on any atom is -0.118 e. The van der Waals surface area contributed by atoms with E-state index in [1.54, 1.807) is 0 Å². The molecule has 1 rings (SSSR count). The number of halogens is 1. The van der Waals surface area contributed by atoms with Crippen molar-refractivity contribution in [1.29, 1.82) is 0 Å². The summed E-state index contributed by atoms with van der Waals surface area (Å²) in [7, 11) is 0. The number of rotatable bonds is 0. The molecule has 0 N–H and O–H groups in total. The van der Waals surface area contributed by atoms with Crippen molar-refractivity contribution in [2.45, 2.75) is 31.6 Å². The fraction of sp³-hybridized carbons (Fsp3) is 0.750. The molecule has 0 saturated carbocycles. The first-order valence-electron chi connectivity index (χ1n) is 3.61. The van der Waals surface area contributed by atoms with Crippen molar-refractivity contribution < 1.29 is 0 Å². The SMILES string of the molecule is C[C@@H]1CCCC=C[C@@H]1Cl. The lowest BCUT2D eigenvalue weighted by Crippen LogP contribution is -2.05. The highest BCUT2D eigenvalue weighted by Gasteiger charge is 2.12. The summed E-state index contributed by atoms with van der Waals surface area (Å²) >= 11 is 5.98. The zero-order valence-electron chi connectivity index (χ0n) is 5.81. The van der Waals surface area contributed by atoms with Crippen molar-refractivity contribution in [3.8, 4) is 0 Å². The molecule has 0 spiro atoms. The topological polar surface area (TPSA) is 0 Å². The molecule has 0 unspecified atom stereocenters. The van der Waals surface area contributed by atoms with Gasteiger partial charge in [-0.1, -0.05) is 19.1 Å². The van der Waals surface area contributed by atoms with Gasteiger partial charge in [0.05, 0.1) is 5.38 Å². The maximum absolute atomic E-state index is 5.98. The highest BCUT2D eigenvalue weighted by molar-refractivity contribution is 6.21. The van der Waals surface area contributed by atoms with Crippen molar-refractivity contribution in [2.75, 3.05) is 0 Å². The van der Waals surface area contributed by atoms with E-state index < -0.39 is 0 Å². The summed E-state index contributed by atoms with van der Waals surface area (Å²) < 4.78 is 0. The van der Waals surface area contributed by atoms with Crippen molar-refractivity contribution in [3.63, 3.8) is 0 Å². The van der Waals surface area contributed by atoms with Gasteiger partial charge in [-0.25, -0.2) is 0 Å². The summed E-state index contributed by atoms with van der Waals surface area (Å²) in [5.74, 6) is 0.672. The molecule has 0 aromatic rings. The van der Waals surface area contributed by atoms with Crippen LogP contribution >= 0.6 is 11.6 Å². The summed E-state index contributed by atoms with van der Waals surface area (Å²) in [4.78, 5) is 0. The molecule has 1 aliphatic carbocycles. The zero-order chi connectivity index (χ0) is 6.69. The second kappa shape index (κ2) is 3.26. The van der Waals surface area contributed by atoms with E-state index in [1.807, 2.05) is 0 Å². The summed E-state index contributed by atoms with van der Waals surface area (Å²) in [6.07, 6.45) is 8.12. The minimum atomic E-state index is 0.285. The van der Waals surface area contributed by atoms with Gasteiger partial charge in [-0.15, -0.1) is 11.6 Å². The van der Waals surface area contributed by atoms with Crippen LogP contribution in [-0.4, -0.2) is 5.38 Å². The number of hydrogen-bond acceptors (Lipinski definition) is 0. The van der Waals surface area contributed by atoms with E-state index in [4.69, 9.17) is 11.6 Å². The minimum absolute atomic E-state index is 0.285. The van der Waals surface area contributed by atoms with Crippen LogP contribution in [0.2, 0.25) is 0 Å². The molecular weight excluding hydrogens is 132 g/mol. The Balaban J connectivity index is 2.46. The summed E-state index contributed by atoms with van der Waals surface area (Å²) in [6, 6.07) is 0. The molecular formula is C8H13Cl. The second-order valence-electron chi connectivity index (χ2n) is 2.78. The van der Waals surface area contributed by atoms with E-state index in [1.165, 1.54) is 19.3 Å². The maximum atomic E-state index is 5.98. The van der Waals surface area contributed by atoms with Crippen LogP contribution < -0.4 is 0 Å². The van der Waals surface area contributed by atoms with E-state index in [-0.39, 0.29) is 5.38 Å². The van der Waals surface area contributed by atoms with Gasteiger partial charge in [0.2, 0.25) is 0 Å². The van der Waals surface area contributed by atoms with Crippen LogP contribution in [0.5, 0.6) is 0 Å². The van der Waals surface area contributed by atoms with Gasteiger partial charge in [-0.2, -0.15) is 0 Å². The summed E-state index contributed by atoms with van der Waals surface area (Å²) in [5.41, 5.74) is 0. The van der Waals surface area contributed by atoms with E-state index in [0.29, 0.717) is 5.92 Å². The molecule has 52 valence electrons. The molecule has 2 atom stereocenters. The van der Waals surface area contributed by atoms with Crippen molar-refractivity contribution >= 4 is 11.6 Å². The largest absolute Gasteiger partial charge is 0.118 e. The first kappa shape index (κ1) is 7.14. The Hall–Kier alpha value is 0.0300. The molecule has 1 aliphatic rings. The molecule has 0 heterocycles. The highest BCUT2D eigenvalue weighted by atomic mass is 35.5. The predicted molar refractivity (Wildman–Crippen MR) is 41.8 cm³/mol. The molecule has 0 aliphatic heterocycles. The van der Waals surface area contributed by atoms with Gasteiger partial charge < -0.3 is 0 Å². The fourth-order valence-electron chi connectivity index (χ4n) is 1.13. The highest BCUT2D eigenvalue weighted by Crippen LogP contribution is 2.21. The first-order chi connectivity index (χ1) is 4.30. The van der Waals surface area contributed by atoms with Crippen molar-refractivity contribution in [1.82, 2.24) is 0 Å². The molecule has 1 heteroatoms. The van der Waals surface area contributed by atoms with E-state index >= 15 is 0 Å². The normalized spacial score (nSPS) is 36.2. The first-order valence-corrected chi connectivity index (χ1v) is 4.05. The van der Waals surface area contributed by atoms with Crippen LogP contribution in [-0.2, 0) is 0 Å². The molecule has 9 heavy (non-hydrogen) atoms. The average molecular weight is 145 g/mol. The van der Waals surface area contributed by atoms with Gasteiger partial charge in [0.15, 0.2) is 0 Å². The lowest BCUT2D eigenvalue weighted by Gasteiger charge is -2.10. The lowest BCUT2D eigenvalue weighted by atomic mass is 10.0. The second-order valence-corrected chi connectivity index (χ2v) is 3.28. The van der Waals surface area contributed by atoms with E-state index in [2.05, 4.69) is 19.1 Å². The number of hydrogen-bond donors (Lipinski definition) is 0. The van der Waals surface area contributed by atoms with Gasteiger partial charge in [0.25, 0.3) is 0 Å². The van der Waals surface area contributed by atoms with Crippen LogP contribution in [0.1, 0.15) is 26.2 Å². The van der Waals surface area contributed by atoms with E-state index in [0.717, 1.165) is 0 Å². The molecule has 0 amide bonds. The Morgan fingerprint density at radius 1 is 1.56 bits per heavy atom. The quantitative estimate of drug-likeness (QED) is 0.362. The van der Waals surface area contributed by atoms with Crippen molar-refractivity contribution in [3.05, 3.63) is 12.2 Å². The van der Waals surface area contributed by atoms with Gasteiger partial charge in [0, 0.05) is 0 Å². The lowest BCUT2D eigenvalue weighted by molar-refractivity contribution is 0.538. The Morgan fingerprint density at radius 3 is 3.11 bits per heavy atom. The molecule has 0 nitrogen and oxygen atoms in total. The third-order valence-electron chi connectivity index (χ3n) is 1.89. The van der Waals surface area contributed by atoms with Gasteiger partial charge in [-0.3, -0.25) is 0 Å². The molecule has 0 fully saturated rings. The average Bonchev–Trinajstić information content (AvgIpc) is 1.99. The Kier molecular flexibility index (Phi) is 2.59. The van der Waals surface area contributed by atoms with E-state index in [9.17, 15) is 0 Å². The van der Waals surface area contributed by atoms with Gasteiger partial charge in [0.1, 0.15) is 0 Å². The summed E-state index contributed by atoms with van der Waals surface area (Å²) in [5, 5.41) is 0.285. The zero-order valence-corrected chi connectivity index (χ0v) is 6.56. The molecule has 0 saturated heterocycles. The van der Waals surface area contributed by atoms with Crippen LogP contribution in [0.3, 0.4) is 0 Å². The van der Waals surface area contributed by atoms with Crippen LogP contribution in [0.25, 0.3) is 0 Å². The van der Waals surface area contributed by atoms with Crippen molar-refractivity contribution in [2.24, 2.45) is 5.92 Å². The maximum Gasteiger partial charge on any atom is 0.0541 e. The van der Waals surface area contributed by atoms with Gasteiger partial charge in [-0.05, 0) is 25.2 Å². The smallest absolute Gasteiger partial charge is 0.0541 e. The molecule has 0 bridgehead atoms. The van der Waals surface area contributed by atoms with Crippen LogP contribution in [0, 0.1) is 5.92 Å². The molecule has 0 aromatic heterocycles. The third-order valence-corrected chi connectivity index (χ3v) is 2.47. The molecule has 0 aromatic carbocycles. The van der Waals surface area contributed by atoms with Crippen LogP contribution in [0.15, 0.2) is 12.2 Å². The van der Waals surface area contributed by atoms with Crippen LogP contribution in [0.4, 0.5) is 0 Å². The number of alkyl halides is 1. The Bertz CT molecular complexity index is 107. The van der Waals surface area contributed by atoms with Gasteiger partial charge >= 0.3 is 0 Å². The Morgan fingerprint density at radius 2 is 2.33 bits per heavy atom. The summed E-state index contributed by atoms with van der Waals surface area (Å²) in [6.45, 7) is 2.22. The third kappa shape index (κ3) is 2.02. The monoisotopic (exact) mass is 144 g/mol. The fourth-order valence-corrected chi connectivity index (χ4v) is 1.36.